The fourth-order valence-corrected chi connectivity index (χ4v) is 1.89. The van der Waals surface area contributed by atoms with Gasteiger partial charge >= 0.3 is 5.97 Å². The summed E-state index contributed by atoms with van der Waals surface area (Å²) in [7, 11) is 1.42. The quantitative estimate of drug-likeness (QED) is 0.772. The lowest BCUT2D eigenvalue weighted by molar-refractivity contribution is -0.161. The van der Waals surface area contributed by atoms with Gasteiger partial charge in [-0.25, -0.2) is 0 Å². The van der Waals surface area contributed by atoms with Crippen LogP contribution in [0.5, 0.6) is 0 Å². The molecule has 2 rings (SSSR count). The highest BCUT2D eigenvalue weighted by Crippen LogP contribution is 2.25. The van der Waals surface area contributed by atoms with Crippen molar-refractivity contribution in [1.82, 2.24) is 5.32 Å². The van der Waals surface area contributed by atoms with Crippen molar-refractivity contribution >= 4 is 5.97 Å². The Labute approximate surface area is 101 Å². The number of rotatable bonds is 5. The smallest absolute Gasteiger partial charge is 0.316 e. The summed E-state index contributed by atoms with van der Waals surface area (Å²) in [4.78, 5) is 11.6. The zero-order valence-electron chi connectivity index (χ0n) is 9.94. The van der Waals surface area contributed by atoms with Crippen molar-refractivity contribution in [1.29, 1.82) is 0 Å². The molecule has 1 heterocycles. The number of benzene rings is 1. The van der Waals surface area contributed by atoms with Crippen molar-refractivity contribution < 1.29 is 14.3 Å². The van der Waals surface area contributed by atoms with E-state index >= 15 is 0 Å². The van der Waals surface area contributed by atoms with Crippen LogP contribution in [-0.2, 0) is 20.9 Å². The van der Waals surface area contributed by atoms with Crippen LogP contribution in [0.2, 0.25) is 0 Å². The molecule has 1 saturated heterocycles. The molecule has 1 aliphatic heterocycles. The maximum atomic E-state index is 11.6. The molecular weight excluding hydrogens is 218 g/mol. The molecule has 0 spiro atoms. The summed E-state index contributed by atoms with van der Waals surface area (Å²) in [6, 6.07) is 9.92. The van der Waals surface area contributed by atoms with Gasteiger partial charge in [-0.2, -0.15) is 0 Å². The molecule has 1 fully saturated rings. The van der Waals surface area contributed by atoms with Gasteiger partial charge in [0, 0.05) is 13.1 Å². The largest absolute Gasteiger partial charge is 0.468 e. The van der Waals surface area contributed by atoms with Crippen LogP contribution in [0.25, 0.3) is 0 Å². The number of carbonyl (C=O) groups excluding carboxylic acids is 1. The van der Waals surface area contributed by atoms with Gasteiger partial charge in [-0.15, -0.1) is 0 Å². The van der Waals surface area contributed by atoms with Crippen molar-refractivity contribution in [2.24, 2.45) is 5.41 Å². The monoisotopic (exact) mass is 235 g/mol. The topological polar surface area (TPSA) is 47.6 Å². The lowest BCUT2D eigenvalue weighted by Gasteiger charge is -2.39. The fraction of sp³-hybridized carbons (Fsp3) is 0.462. The highest BCUT2D eigenvalue weighted by molar-refractivity contribution is 5.78. The van der Waals surface area contributed by atoms with Crippen LogP contribution in [0.15, 0.2) is 30.3 Å². The first-order chi connectivity index (χ1) is 8.27. The van der Waals surface area contributed by atoms with Gasteiger partial charge in [0.05, 0.1) is 20.3 Å². The number of carbonyl (C=O) groups is 1. The number of ether oxygens (including phenoxy) is 2. The molecule has 1 aromatic carbocycles. The lowest BCUT2D eigenvalue weighted by atomic mass is 9.83. The number of nitrogens with one attached hydrogen (secondary N) is 1. The molecule has 0 atom stereocenters. The standard InChI is InChI=1S/C13H17NO3/c1-16-12(15)13(8-14-9-13)10-17-7-11-5-3-2-4-6-11/h2-6,14H,7-10H2,1H3. The minimum absolute atomic E-state index is 0.190. The van der Waals surface area contributed by atoms with Crippen molar-refractivity contribution in [3.8, 4) is 0 Å². The van der Waals surface area contributed by atoms with E-state index in [-0.39, 0.29) is 5.97 Å². The van der Waals surface area contributed by atoms with E-state index in [1.54, 1.807) is 0 Å². The van der Waals surface area contributed by atoms with E-state index in [1.807, 2.05) is 30.3 Å². The van der Waals surface area contributed by atoms with E-state index in [9.17, 15) is 4.79 Å². The minimum atomic E-state index is -0.483. The number of hydrogen-bond acceptors (Lipinski definition) is 4. The molecule has 17 heavy (non-hydrogen) atoms. The van der Waals surface area contributed by atoms with Crippen LogP contribution in [0.3, 0.4) is 0 Å². The molecule has 1 N–H and O–H groups in total. The van der Waals surface area contributed by atoms with Crippen molar-refractivity contribution in [3.05, 3.63) is 35.9 Å². The molecule has 4 nitrogen and oxygen atoms in total. The van der Waals surface area contributed by atoms with Gasteiger partial charge < -0.3 is 14.8 Å². The second-order valence-electron chi connectivity index (χ2n) is 4.35. The van der Waals surface area contributed by atoms with Crippen LogP contribution >= 0.6 is 0 Å². The third-order valence-electron chi connectivity index (χ3n) is 3.04. The molecule has 0 unspecified atom stereocenters. The Bertz CT molecular complexity index is 374. The minimum Gasteiger partial charge on any atom is -0.468 e. The van der Waals surface area contributed by atoms with E-state index in [0.717, 1.165) is 5.56 Å². The maximum Gasteiger partial charge on any atom is 0.316 e. The third-order valence-corrected chi connectivity index (χ3v) is 3.04. The summed E-state index contributed by atoms with van der Waals surface area (Å²) in [5.41, 5.74) is 0.628. The highest BCUT2D eigenvalue weighted by Gasteiger charge is 2.45. The Morgan fingerprint density at radius 3 is 2.59 bits per heavy atom. The zero-order valence-corrected chi connectivity index (χ0v) is 9.94. The predicted octanol–water partition coefficient (Wildman–Crippen LogP) is 0.966. The average molecular weight is 235 g/mol. The van der Waals surface area contributed by atoms with Crippen LogP contribution in [0, 0.1) is 5.41 Å². The van der Waals surface area contributed by atoms with Crippen LogP contribution in [0.4, 0.5) is 0 Å². The summed E-state index contributed by atoms with van der Waals surface area (Å²) in [5.74, 6) is -0.190. The highest BCUT2D eigenvalue weighted by atomic mass is 16.5. The molecule has 0 aliphatic carbocycles. The Hall–Kier alpha value is -1.39. The Balaban J connectivity index is 1.83. The van der Waals surface area contributed by atoms with E-state index in [0.29, 0.717) is 26.3 Å². The second-order valence-corrected chi connectivity index (χ2v) is 4.35. The SMILES string of the molecule is COC(=O)C1(COCc2ccccc2)CNC1. The van der Waals surface area contributed by atoms with E-state index in [1.165, 1.54) is 7.11 Å². The summed E-state index contributed by atoms with van der Waals surface area (Å²) in [6.45, 7) is 2.20. The Morgan fingerprint density at radius 2 is 2.06 bits per heavy atom. The van der Waals surface area contributed by atoms with E-state index in [2.05, 4.69) is 5.32 Å². The van der Waals surface area contributed by atoms with Crippen LogP contribution in [-0.4, -0.2) is 32.8 Å². The van der Waals surface area contributed by atoms with Crippen molar-refractivity contribution in [2.45, 2.75) is 6.61 Å². The molecule has 0 radical (unpaired) electrons. The predicted molar refractivity (Wildman–Crippen MR) is 63.4 cm³/mol. The van der Waals surface area contributed by atoms with Crippen LogP contribution in [0.1, 0.15) is 5.56 Å². The van der Waals surface area contributed by atoms with E-state index < -0.39 is 5.41 Å². The fourth-order valence-electron chi connectivity index (χ4n) is 1.89. The summed E-state index contributed by atoms with van der Waals surface area (Å²) >= 11 is 0. The molecule has 4 heteroatoms. The number of methoxy groups -OCH3 is 1. The molecule has 0 amide bonds. The van der Waals surface area contributed by atoms with Crippen LogP contribution < -0.4 is 5.32 Å². The number of hydrogen-bond donors (Lipinski definition) is 1. The van der Waals surface area contributed by atoms with Gasteiger partial charge in [-0.3, -0.25) is 4.79 Å². The maximum absolute atomic E-state index is 11.6. The first kappa shape index (κ1) is 12.1. The first-order valence-corrected chi connectivity index (χ1v) is 5.68. The van der Waals surface area contributed by atoms with Crippen molar-refractivity contribution in [2.75, 3.05) is 26.8 Å². The Kier molecular flexibility index (Phi) is 3.76. The van der Waals surface area contributed by atoms with E-state index in [4.69, 9.17) is 9.47 Å². The normalized spacial score (nSPS) is 17.2. The summed E-state index contributed by atoms with van der Waals surface area (Å²) in [5, 5.41) is 3.09. The third kappa shape index (κ3) is 2.65. The van der Waals surface area contributed by atoms with Gasteiger partial charge in [0.2, 0.25) is 0 Å². The van der Waals surface area contributed by atoms with Crippen molar-refractivity contribution in [3.63, 3.8) is 0 Å². The molecule has 1 aromatic rings. The van der Waals surface area contributed by atoms with Gasteiger partial charge in [-0.05, 0) is 5.56 Å². The van der Waals surface area contributed by atoms with Gasteiger partial charge in [0.25, 0.3) is 0 Å². The summed E-state index contributed by atoms with van der Waals surface area (Å²) < 4.78 is 10.4. The van der Waals surface area contributed by atoms with Gasteiger partial charge in [0.15, 0.2) is 0 Å². The molecule has 92 valence electrons. The lowest BCUT2D eigenvalue weighted by Crippen LogP contribution is -2.61. The molecule has 0 aromatic heterocycles. The molecular formula is C13H17NO3. The Morgan fingerprint density at radius 1 is 1.35 bits per heavy atom. The average Bonchev–Trinajstić information content (AvgIpc) is 2.33. The number of esters is 1. The molecule has 0 bridgehead atoms. The van der Waals surface area contributed by atoms with Gasteiger partial charge in [0.1, 0.15) is 5.41 Å². The summed E-state index contributed by atoms with van der Waals surface area (Å²) in [6.07, 6.45) is 0. The second kappa shape index (κ2) is 5.29. The zero-order chi connectivity index (χ0) is 12.1. The first-order valence-electron chi connectivity index (χ1n) is 5.68. The molecule has 0 saturated carbocycles. The van der Waals surface area contributed by atoms with Gasteiger partial charge in [-0.1, -0.05) is 30.3 Å². The molecule has 1 aliphatic rings.